The summed E-state index contributed by atoms with van der Waals surface area (Å²) in [4.78, 5) is 38.5. The van der Waals surface area contributed by atoms with Gasteiger partial charge in [0.05, 0.1) is 28.9 Å². The fourth-order valence-corrected chi connectivity index (χ4v) is 3.61. The number of hydrogen-bond acceptors (Lipinski definition) is 4. The lowest BCUT2D eigenvalue weighted by molar-refractivity contribution is -0.131. The molecule has 0 unspecified atom stereocenters. The third-order valence-corrected chi connectivity index (χ3v) is 5.27. The molecule has 0 bridgehead atoms. The van der Waals surface area contributed by atoms with Crippen molar-refractivity contribution >= 4 is 40.9 Å². The van der Waals surface area contributed by atoms with Crippen molar-refractivity contribution in [3.8, 4) is 0 Å². The topological polar surface area (TPSA) is 96.3 Å². The highest BCUT2D eigenvalue weighted by Gasteiger charge is 2.25. The number of amides is 3. The van der Waals surface area contributed by atoms with Crippen LogP contribution in [-0.4, -0.2) is 58.1 Å². The molecule has 0 atom stereocenters. The molecule has 3 rings (SSSR count). The smallest absolute Gasteiger partial charge is 0.254 e. The second-order valence-corrected chi connectivity index (χ2v) is 7.68. The van der Waals surface area contributed by atoms with E-state index in [4.69, 9.17) is 23.2 Å². The van der Waals surface area contributed by atoms with Crippen molar-refractivity contribution < 1.29 is 14.4 Å². The molecule has 8 nitrogen and oxygen atoms in total. The van der Waals surface area contributed by atoms with Crippen molar-refractivity contribution in [2.75, 3.05) is 19.6 Å². The lowest BCUT2D eigenvalue weighted by atomic mass is 10.0. The van der Waals surface area contributed by atoms with Gasteiger partial charge in [-0.15, -0.1) is 0 Å². The largest absolute Gasteiger partial charge is 0.349 e. The van der Waals surface area contributed by atoms with E-state index < -0.39 is 5.91 Å². The number of carbonyl (C=O) groups excluding carboxylic acids is 3. The van der Waals surface area contributed by atoms with Crippen LogP contribution in [0.1, 0.15) is 33.6 Å². The zero-order chi connectivity index (χ0) is 21.0. The molecular formula is C19H21Cl2N5O3. The van der Waals surface area contributed by atoms with Crippen molar-refractivity contribution in [2.45, 2.75) is 18.9 Å². The summed E-state index contributed by atoms with van der Waals surface area (Å²) in [5.74, 6) is -0.783. The molecule has 2 aromatic rings. The SMILES string of the molecule is Cn1cc(C(=O)NC2CCN(C(=O)CNC(=O)c3ccc(Cl)cc3Cl)CC2)cn1. The average molecular weight is 438 g/mol. The first kappa shape index (κ1) is 21.1. The number of nitrogens with zero attached hydrogens (tertiary/aromatic N) is 3. The molecule has 0 radical (unpaired) electrons. The number of rotatable bonds is 5. The molecule has 1 saturated heterocycles. The Balaban J connectivity index is 1.44. The van der Waals surface area contributed by atoms with Gasteiger partial charge >= 0.3 is 0 Å². The predicted molar refractivity (Wildman–Crippen MR) is 109 cm³/mol. The van der Waals surface area contributed by atoms with Gasteiger partial charge in [-0.1, -0.05) is 23.2 Å². The van der Waals surface area contributed by atoms with Crippen molar-refractivity contribution in [3.63, 3.8) is 0 Å². The van der Waals surface area contributed by atoms with Crippen LogP contribution in [0.25, 0.3) is 0 Å². The van der Waals surface area contributed by atoms with E-state index in [0.29, 0.717) is 36.5 Å². The number of halogens is 2. The molecule has 29 heavy (non-hydrogen) atoms. The summed E-state index contributed by atoms with van der Waals surface area (Å²) in [6.45, 7) is 0.896. The van der Waals surface area contributed by atoms with Crippen LogP contribution in [0.5, 0.6) is 0 Å². The molecule has 3 amide bonds. The highest BCUT2D eigenvalue weighted by molar-refractivity contribution is 6.36. The summed E-state index contributed by atoms with van der Waals surface area (Å²) in [6, 6.07) is 4.55. The highest BCUT2D eigenvalue weighted by Crippen LogP contribution is 2.20. The van der Waals surface area contributed by atoms with Crippen LogP contribution in [0.4, 0.5) is 0 Å². The molecule has 2 heterocycles. The molecule has 154 valence electrons. The third kappa shape index (κ3) is 5.48. The number of carbonyl (C=O) groups is 3. The van der Waals surface area contributed by atoms with Crippen molar-refractivity contribution in [3.05, 3.63) is 51.8 Å². The monoisotopic (exact) mass is 437 g/mol. The maximum absolute atomic E-state index is 12.4. The Morgan fingerprint density at radius 2 is 1.90 bits per heavy atom. The maximum atomic E-state index is 12.4. The lowest BCUT2D eigenvalue weighted by Crippen LogP contribution is -2.49. The van der Waals surface area contributed by atoms with Crippen LogP contribution in [-0.2, 0) is 11.8 Å². The molecule has 1 aromatic heterocycles. The fraction of sp³-hybridized carbons (Fsp3) is 0.368. The van der Waals surface area contributed by atoms with Crippen LogP contribution in [0.3, 0.4) is 0 Å². The van der Waals surface area contributed by atoms with E-state index in [1.807, 2.05) is 0 Å². The average Bonchev–Trinajstić information content (AvgIpc) is 3.13. The zero-order valence-corrected chi connectivity index (χ0v) is 17.3. The summed E-state index contributed by atoms with van der Waals surface area (Å²) < 4.78 is 1.57. The molecule has 0 saturated carbocycles. The van der Waals surface area contributed by atoms with Gasteiger partial charge in [-0.05, 0) is 31.0 Å². The molecule has 0 aliphatic carbocycles. The minimum absolute atomic E-state index is 0.00535. The van der Waals surface area contributed by atoms with Gasteiger partial charge in [0.25, 0.3) is 11.8 Å². The second kappa shape index (κ2) is 9.28. The Morgan fingerprint density at radius 1 is 1.17 bits per heavy atom. The standard InChI is InChI=1S/C19H21Cl2N5O3/c1-25-11-12(9-23-25)18(28)24-14-4-6-26(7-5-14)17(27)10-22-19(29)15-3-2-13(20)8-16(15)21/h2-3,8-9,11,14H,4-7,10H2,1H3,(H,22,29)(H,24,28). The van der Waals surface area contributed by atoms with Crippen LogP contribution >= 0.6 is 23.2 Å². The van der Waals surface area contributed by atoms with Crippen LogP contribution in [0.2, 0.25) is 10.0 Å². The van der Waals surface area contributed by atoms with Gasteiger partial charge in [0, 0.05) is 37.4 Å². The maximum Gasteiger partial charge on any atom is 0.254 e. The Kier molecular flexibility index (Phi) is 6.76. The van der Waals surface area contributed by atoms with Gasteiger partial charge in [-0.3, -0.25) is 19.1 Å². The van der Waals surface area contributed by atoms with Crippen LogP contribution in [0.15, 0.2) is 30.6 Å². The zero-order valence-electron chi connectivity index (χ0n) is 15.8. The van der Waals surface area contributed by atoms with Gasteiger partial charge < -0.3 is 15.5 Å². The number of hydrogen-bond donors (Lipinski definition) is 2. The Morgan fingerprint density at radius 3 is 2.52 bits per heavy atom. The van der Waals surface area contributed by atoms with E-state index in [9.17, 15) is 14.4 Å². The molecule has 1 aliphatic rings. The highest BCUT2D eigenvalue weighted by atomic mass is 35.5. The van der Waals surface area contributed by atoms with Gasteiger partial charge in [-0.25, -0.2) is 0 Å². The molecule has 1 aromatic carbocycles. The van der Waals surface area contributed by atoms with Crippen LogP contribution in [0, 0.1) is 0 Å². The number of likely N-dealkylation sites (tertiary alicyclic amines) is 1. The summed E-state index contributed by atoms with van der Waals surface area (Å²) in [5, 5.41) is 10.2. The second-order valence-electron chi connectivity index (χ2n) is 6.84. The van der Waals surface area contributed by atoms with E-state index in [0.717, 1.165) is 0 Å². The fourth-order valence-electron chi connectivity index (χ4n) is 3.12. The third-order valence-electron chi connectivity index (χ3n) is 4.73. The molecule has 2 N–H and O–H groups in total. The van der Waals surface area contributed by atoms with E-state index in [1.165, 1.54) is 18.3 Å². The number of piperidine rings is 1. The summed E-state index contributed by atoms with van der Waals surface area (Å²) >= 11 is 11.8. The van der Waals surface area contributed by atoms with Gasteiger partial charge in [-0.2, -0.15) is 5.10 Å². The first-order valence-electron chi connectivity index (χ1n) is 9.14. The van der Waals surface area contributed by atoms with Crippen molar-refractivity contribution in [1.29, 1.82) is 0 Å². The lowest BCUT2D eigenvalue weighted by Gasteiger charge is -2.32. The first-order chi connectivity index (χ1) is 13.8. The van der Waals surface area contributed by atoms with Crippen molar-refractivity contribution in [1.82, 2.24) is 25.3 Å². The Hall–Kier alpha value is -2.58. The van der Waals surface area contributed by atoms with Gasteiger partial charge in [0.2, 0.25) is 5.91 Å². The normalized spacial score (nSPS) is 14.5. The summed E-state index contributed by atoms with van der Waals surface area (Å²) in [6.07, 6.45) is 4.47. The Bertz CT molecular complexity index is 922. The predicted octanol–water partition coefficient (Wildman–Crippen LogP) is 1.88. The van der Waals surface area contributed by atoms with E-state index in [1.54, 1.807) is 28.9 Å². The minimum atomic E-state index is -0.432. The molecule has 0 spiro atoms. The quantitative estimate of drug-likeness (QED) is 0.745. The van der Waals surface area contributed by atoms with E-state index in [-0.39, 0.29) is 35.0 Å². The first-order valence-corrected chi connectivity index (χ1v) is 9.89. The number of aromatic nitrogens is 2. The number of nitrogens with one attached hydrogen (secondary N) is 2. The molecule has 1 aliphatic heterocycles. The number of aryl methyl sites for hydroxylation is 1. The van der Waals surface area contributed by atoms with Crippen LogP contribution < -0.4 is 10.6 Å². The molecule has 10 heteroatoms. The molecule has 1 fully saturated rings. The van der Waals surface area contributed by atoms with E-state index >= 15 is 0 Å². The summed E-state index contributed by atoms with van der Waals surface area (Å²) in [5.41, 5.74) is 0.773. The molecular weight excluding hydrogens is 417 g/mol. The van der Waals surface area contributed by atoms with Crippen molar-refractivity contribution in [2.24, 2.45) is 7.05 Å². The van der Waals surface area contributed by atoms with E-state index in [2.05, 4.69) is 15.7 Å². The Labute approximate surface area is 178 Å². The van der Waals surface area contributed by atoms with Gasteiger partial charge in [0.15, 0.2) is 0 Å². The number of benzene rings is 1. The minimum Gasteiger partial charge on any atom is -0.349 e. The summed E-state index contributed by atoms with van der Waals surface area (Å²) in [7, 11) is 1.75. The van der Waals surface area contributed by atoms with Gasteiger partial charge in [0.1, 0.15) is 0 Å².